The van der Waals surface area contributed by atoms with E-state index in [1.54, 1.807) is 6.07 Å². The van der Waals surface area contributed by atoms with Gasteiger partial charge in [-0.2, -0.15) is 0 Å². The molecule has 2 rings (SSSR count). The Morgan fingerprint density at radius 1 is 1.36 bits per heavy atom. The van der Waals surface area contributed by atoms with Crippen LogP contribution in [-0.4, -0.2) is 10.9 Å². The van der Waals surface area contributed by atoms with Crippen molar-refractivity contribution in [2.45, 2.75) is 0 Å². The summed E-state index contributed by atoms with van der Waals surface area (Å²) < 4.78 is 12.8. The number of carbonyl (C=O) groups excluding carboxylic acids is 1. The zero-order valence-electron chi connectivity index (χ0n) is 7.20. The molecule has 0 spiro atoms. The zero-order valence-corrected chi connectivity index (χ0v) is 7.20. The molecule has 4 heteroatoms. The molecule has 2 N–H and O–H groups in total. The van der Waals surface area contributed by atoms with Crippen LogP contribution >= 0.6 is 0 Å². The number of fused-ring (bicyclic) bond motifs is 1. The number of nitrogens with zero attached hydrogens (tertiary/aromatic N) is 1. The number of nitrogens with two attached hydrogens (primary N) is 1. The van der Waals surface area contributed by atoms with E-state index in [0.29, 0.717) is 10.8 Å². The van der Waals surface area contributed by atoms with E-state index in [9.17, 15) is 9.18 Å². The highest BCUT2D eigenvalue weighted by Crippen LogP contribution is 2.17. The van der Waals surface area contributed by atoms with Gasteiger partial charge in [0.25, 0.3) is 5.91 Å². The Bertz CT molecular complexity index is 510. The van der Waals surface area contributed by atoms with E-state index in [4.69, 9.17) is 5.73 Å². The van der Waals surface area contributed by atoms with Crippen LogP contribution in [0.4, 0.5) is 4.39 Å². The summed E-state index contributed by atoms with van der Waals surface area (Å²) in [4.78, 5) is 14.8. The van der Waals surface area contributed by atoms with Crippen molar-refractivity contribution in [3.63, 3.8) is 0 Å². The number of hydrogen-bond acceptors (Lipinski definition) is 2. The summed E-state index contributed by atoms with van der Waals surface area (Å²) in [5, 5.41) is 1.19. The van der Waals surface area contributed by atoms with Crippen molar-refractivity contribution in [2.75, 3.05) is 0 Å². The summed E-state index contributed by atoms with van der Waals surface area (Å²) in [5.74, 6) is -0.957. The van der Waals surface area contributed by atoms with E-state index >= 15 is 0 Å². The normalized spacial score (nSPS) is 10.4. The minimum absolute atomic E-state index is 0.169. The molecule has 0 saturated heterocycles. The summed E-state index contributed by atoms with van der Waals surface area (Å²) in [7, 11) is 0. The summed E-state index contributed by atoms with van der Waals surface area (Å²) >= 11 is 0. The molecule has 14 heavy (non-hydrogen) atoms. The zero-order chi connectivity index (χ0) is 10.1. The van der Waals surface area contributed by atoms with Gasteiger partial charge >= 0.3 is 0 Å². The van der Waals surface area contributed by atoms with Crippen LogP contribution in [0.15, 0.2) is 30.5 Å². The fourth-order valence-corrected chi connectivity index (χ4v) is 1.35. The molecule has 0 fully saturated rings. The van der Waals surface area contributed by atoms with Crippen LogP contribution in [0.5, 0.6) is 0 Å². The lowest BCUT2D eigenvalue weighted by atomic mass is 10.1. The summed E-state index contributed by atoms with van der Waals surface area (Å²) in [5.41, 5.74) is 5.29. The van der Waals surface area contributed by atoms with Crippen molar-refractivity contribution < 1.29 is 9.18 Å². The quantitative estimate of drug-likeness (QED) is 0.740. The van der Waals surface area contributed by atoms with Crippen LogP contribution < -0.4 is 5.73 Å². The molecular formula is C10H7FN2O. The Hall–Kier alpha value is -1.97. The lowest BCUT2D eigenvalue weighted by Crippen LogP contribution is -2.13. The Labute approximate surface area is 79.4 Å². The molecule has 0 saturated carbocycles. The number of primary amides is 1. The summed E-state index contributed by atoms with van der Waals surface area (Å²) in [6.07, 6.45) is 1.43. The third-order valence-electron chi connectivity index (χ3n) is 1.96. The average molecular weight is 190 g/mol. The van der Waals surface area contributed by atoms with Gasteiger partial charge in [-0.15, -0.1) is 0 Å². The maximum Gasteiger partial charge on any atom is 0.267 e. The highest BCUT2D eigenvalue weighted by Gasteiger charge is 2.07. The van der Waals surface area contributed by atoms with Gasteiger partial charge in [0.15, 0.2) is 0 Å². The monoisotopic (exact) mass is 190 g/mol. The first-order valence-corrected chi connectivity index (χ1v) is 4.02. The Balaban J connectivity index is 2.81. The van der Waals surface area contributed by atoms with E-state index in [0.717, 1.165) is 0 Å². The maximum atomic E-state index is 12.8. The van der Waals surface area contributed by atoms with Crippen molar-refractivity contribution in [2.24, 2.45) is 5.73 Å². The first-order valence-electron chi connectivity index (χ1n) is 4.02. The van der Waals surface area contributed by atoms with Gasteiger partial charge in [-0.3, -0.25) is 9.78 Å². The minimum Gasteiger partial charge on any atom is -0.364 e. The number of rotatable bonds is 1. The van der Waals surface area contributed by atoms with Crippen LogP contribution in [0.3, 0.4) is 0 Å². The van der Waals surface area contributed by atoms with Crippen LogP contribution in [0.1, 0.15) is 10.5 Å². The van der Waals surface area contributed by atoms with E-state index in [1.165, 1.54) is 24.4 Å². The molecule has 1 aromatic carbocycles. The standard InChI is InChI=1S/C10H7FN2O/c11-7-1-2-8-6(5-7)3-4-13-9(8)10(12)14/h1-5H,(H2,12,14). The predicted octanol–water partition coefficient (Wildman–Crippen LogP) is 1.47. The third-order valence-corrected chi connectivity index (χ3v) is 1.96. The Morgan fingerprint density at radius 2 is 2.14 bits per heavy atom. The molecule has 1 heterocycles. The minimum atomic E-state index is -0.609. The van der Waals surface area contributed by atoms with Crippen LogP contribution in [0.25, 0.3) is 10.8 Å². The SMILES string of the molecule is NC(=O)c1nccc2cc(F)ccc12. The molecule has 0 radical (unpaired) electrons. The number of carbonyl (C=O) groups is 1. The molecule has 70 valence electrons. The molecule has 3 nitrogen and oxygen atoms in total. The maximum absolute atomic E-state index is 12.8. The topological polar surface area (TPSA) is 56.0 Å². The van der Waals surface area contributed by atoms with Crippen LogP contribution in [-0.2, 0) is 0 Å². The lowest BCUT2D eigenvalue weighted by Gasteiger charge is -2.01. The molecule has 2 aromatic rings. The molecule has 0 bridgehead atoms. The van der Waals surface area contributed by atoms with Crippen molar-refractivity contribution in [1.82, 2.24) is 4.98 Å². The number of pyridine rings is 1. The van der Waals surface area contributed by atoms with Crippen LogP contribution in [0.2, 0.25) is 0 Å². The predicted molar refractivity (Wildman–Crippen MR) is 50.2 cm³/mol. The average Bonchev–Trinajstić information content (AvgIpc) is 2.16. The fraction of sp³-hybridized carbons (Fsp3) is 0. The second-order valence-electron chi connectivity index (χ2n) is 2.89. The first kappa shape index (κ1) is 8.62. The van der Waals surface area contributed by atoms with Crippen LogP contribution in [0, 0.1) is 5.82 Å². The van der Waals surface area contributed by atoms with Gasteiger partial charge in [0.05, 0.1) is 0 Å². The summed E-state index contributed by atoms with van der Waals surface area (Å²) in [6.45, 7) is 0. The Kier molecular flexibility index (Phi) is 1.89. The van der Waals surface area contributed by atoms with Gasteiger partial charge in [0.2, 0.25) is 0 Å². The largest absolute Gasteiger partial charge is 0.364 e. The molecule has 0 aliphatic carbocycles. The number of hydrogen-bond donors (Lipinski definition) is 1. The third kappa shape index (κ3) is 1.31. The Morgan fingerprint density at radius 3 is 2.86 bits per heavy atom. The molecular weight excluding hydrogens is 183 g/mol. The molecule has 0 atom stereocenters. The molecule has 1 amide bonds. The van der Waals surface area contributed by atoms with E-state index < -0.39 is 5.91 Å². The van der Waals surface area contributed by atoms with Crippen molar-refractivity contribution in [3.8, 4) is 0 Å². The number of halogens is 1. The summed E-state index contributed by atoms with van der Waals surface area (Å²) in [6, 6.07) is 5.74. The highest BCUT2D eigenvalue weighted by atomic mass is 19.1. The second-order valence-corrected chi connectivity index (χ2v) is 2.89. The van der Waals surface area contributed by atoms with Crippen molar-refractivity contribution in [3.05, 3.63) is 42.0 Å². The second kappa shape index (κ2) is 3.06. The van der Waals surface area contributed by atoms with Gasteiger partial charge in [0.1, 0.15) is 11.5 Å². The highest BCUT2D eigenvalue weighted by molar-refractivity contribution is 6.04. The lowest BCUT2D eigenvalue weighted by molar-refractivity contribution is 0.0997. The first-order chi connectivity index (χ1) is 6.68. The molecule has 0 aliphatic heterocycles. The van der Waals surface area contributed by atoms with E-state index in [2.05, 4.69) is 4.98 Å². The van der Waals surface area contributed by atoms with Gasteiger partial charge in [-0.25, -0.2) is 4.39 Å². The van der Waals surface area contributed by atoms with E-state index in [1.807, 2.05) is 0 Å². The smallest absolute Gasteiger partial charge is 0.267 e. The fourth-order valence-electron chi connectivity index (χ4n) is 1.35. The number of benzene rings is 1. The number of aromatic nitrogens is 1. The molecule has 1 aromatic heterocycles. The van der Waals surface area contributed by atoms with Gasteiger partial charge in [0, 0.05) is 11.6 Å². The van der Waals surface area contributed by atoms with Gasteiger partial charge < -0.3 is 5.73 Å². The van der Waals surface area contributed by atoms with E-state index in [-0.39, 0.29) is 11.5 Å². The van der Waals surface area contributed by atoms with Crippen molar-refractivity contribution in [1.29, 1.82) is 0 Å². The van der Waals surface area contributed by atoms with Gasteiger partial charge in [-0.1, -0.05) is 0 Å². The molecule has 0 unspecified atom stereocenters. The van der Waals surface area contributed by atoms with Crippen molar-refractivity contribution >= 4 is 16.7 Å². The number of amides is 1. The van der Waals surface area contributed by atoms with Gasteiger partial charge in [-0.05, 0) is 29.7 Å². The molecule has 0 aliphatic rings.